The Hall–Kier alpha value is -1.25. The number of nitrogens with one attached hydrogen (secondary N) is 1. The molecule has 0 saturated heterocycles. The third kappa shape index (κ3) is 1.87. The van der Waals surface area contributed by atoms with Crippen LogP contribution < -0.4 is 5.32 Å². The number of esters is 1. The fourth-order valence-corrected chi connectivity index (χ4v) is 1.05. The monoisotopic (exact) mass is 167 g/mol. The number of carbonyl (C=O) groups excluding carboxylic acids is 1. The molecular formula is C9H13NO2. The van der Waals surface area contributed by atoms with Crippen molar-refractivity contribution < 1.29 is 9.53 Å². The molecule has 1 aliphatic rings. The van der Waals surface area contributed by atoms with Gasteiger partial charge in [0.2, 0.25) is 0 Å². The Bertz CT molecular complexity index is 231. The van der Waals surface area contributed by atoms with Gasteiger partial charge in [-0.05, 0) is 32.2 Å². The topological polar surface area (TPSA) is 38.3 Å². The number of rotatable bonds is 2. The summed E-state index contributed by atoms with van der Waals surface area (Å²) in [5, 5.41) is 3.02. The van der Waals surface area contributed by atoms with E-state index in [0.29, 0.717) is 12.2 Å². The third-order valence-corrected chi connectivity index (χ3v) is 1.70. The number of hydrogen-bond donors (Lipinski definition) is 1. The molecule has 0 bridgehead atoms. The van der Waals surface area contributed by atoms with Crippen molar-refractivity contribution in [3.63, 3.8) is 0 Å². The standard InChI is InChI=1S/C9H13NO2/c1-3-12-9(11)8-5-4-6-10-7(8)2/h4-7,10H,3H2,1-2H3. The van der Waals surface area contributed by atoms with Crippen molar-refractivity contribution in [1.82, 2.24) is 5.32 Å². The summed E-state index contributed by atoms with van der Waals surface area (Å²) < 4.78 is 4.87. The van der Waals surface area contributed by atoms with Crippen LogP contribution in [0.2, 0.25) is 0 Å². The predicted octanol–water partition coefficient (Wildman–Crippen LogP) is 0.981. The lowest BCUT2D eigenvalue weighted by atomic mass is 10.1. The van der Waals surface area contributed by atoms with Gasteiger partial charge < -0.3 is 10.1 Å². The lowest BCUT2D eigenvalue weighted by Crippen LogP contribution is -2.30. The highest BCUT2D eigenvalue weighted by atomic mass is 16.5. The van der Waals surface area contributed by atoms with Crippen molar-refractivity contribution in [2.75, 3.05) is 6.61 Å². The van der Waals surface area contributed by atoms with Crippen LogP contribution in [0, 0.1) is 0 Å². The Balaban J connectivity index is 2.65. The second kappa shape index (κ2) is 3.95. The van der Waals surface area contributed by atoms with Gasteiger partial charge in [0.05, 0.1) is 18.2 Å². The minimum Gasteiger partial charge on any atom is -0.463 e. The van der Waals surface area contributed by atoms with Crippen LogP contribution in [0.3, 0.4) is 0 Å². The molecule has 1 heterocycles. The Morgan fingerprint density at radius 1 is 1.75 bits per heavy atom. The van der Waals surface area contributed by atoms with Crippen LogP contribution in [-0.2, 0) is 9.53 Å². The first kappa shape index (κ1) is 8.84. The van der Waals surface area contributed by atoms with Crippen LogP contribution >= 0.6 is 0 Å². The highest BCUT2D eigenvalue weighted by molar-refractivity contribution is 5.90. The molecule has 0 saturated carbocycles. The summed E-state index contributed by atoms with van der Waals surface area (Å²) in [7, 11) is 0. The average molecular weight is 167 g/mol. The number of ether oxygens (including phenoxy) is 1. The number of allylic oxidation sites excluding steroid dienone is 2. The van der Waals surface area contributed by atoms with E-state index in [1.54, 1.807) is 19.1 Å². The van der Waals surface area contributed by atoms with Crippen LogP contribution in [-0.4, -0.2) is 18.6 Å². The van der Waals surface area contributed by atoms with E-state index in [2.05, 4.69) is 5.32 Å². The second-order valence-corrected chi connectivity index (χ2v) is 2.59. The molecule has 1 atom stereocenters. The summed E-state index contributed by atoms with van der Waals surface area (Å²) in [5.41, 5.74) is 0.680. The summed E-state index contributed by atoms with van der Waals surface area (Å²) in [6, 6.07) is 0.0500. The molecule has 66 valence electrons. The molecular weight excluding hydrogens is 154 g/mol. The lowest BCUT2D eigenvalue weighted by Gasteiger charge is -2.17. The van der Waals surface area contributed by atoms with E-state index in [0.717, 1.165) is 0 Å². The fourth-order valence-electron chi connectivity index (χ4n) is 1.05. The molecule has 0 spiro atoms. The van der Waals surface area contributed by atoms with E-state index in [1.165, 1.54) is 0 Å². The zero-order chi connectivity index (χ0) is 8.97. The van der Waals surface area contributed by atoms with Crippen LogP contribution in [0.25, 0.3) is 0 Å². The predicted molar refractivity (Wildman–Crippen MR) is 46.5 cm³/mol. The molecule has 0 fully saturated rings. The van der Waals surface area contributed by atoms with E-state index in [-0.39, 0.29) is 12.0 Å². The minimum absolute atomic E-state index is 0.0500. The molecule has 1 aliphatic heterocycles. The Labute approximate surface area is 72.1 Å². The quantitative estimate of drug-likeness (QED) is 0.623. The average Bonchev–Trinajstić information content (AvgIpc) is 2.05. The van der Waals surface area contributed by atoms with Crippen molar-refractivity contribution in [1.29, 1.82) is 0 Å². The maximum absolute atomic E-state index is 11.2. The maximum Gasteiger partial charge on any atom is 0.336 e. The molecule has 0 amide bonds. The van der Waals surface area contributed by atoms with Gasteiger partial charge in [0, 0.05) is 0 Å². The molecule has 12 heavy (non-hydrogen) atoms. The first-order valence-corrected chi connectivity index (χ1v) is 4.05. The van der Waals surface area contributed by atoms with Crippen LogP contribution in [0.4, 0.5) is 0 Å². The second-order valence-electron chi connectivity index (χ2n) is 2.59. The minimum atomic E-state index is -0.234. The van der Waals surface area contributed by atoms with E-state index in [4.69, 9.17) is 4.74 Å². The van der Waals surface area contributed by atoms with Crippen LogP contribution in [0.1, 0.15) is 13.8 Å². The Morgan fingerprint density at radius 2 is 2.50 bits per heavy atom. The van der Waals surface area contributed by atoms with Gasteiger partial charge in [-0.2, -0.15) is 0 Å². The van der Waals surface area contributed by atoms with Gasteiger partial charge in [0.25, 0.3) is 0 Å². The van der Waals surface area contributed by atoms with Gasteiger partial charge in [-0.15, -0.1) is 0 Å². The van der Waals surface area contributed by atoms with E-state index in [1.807, 2.05) is 13.1 Å². The Kier molecular flexibility index (Phi) is 2.91. The normalized spacial score (nSPS) is 21.2. The molecule has 1 N–H and O–H groups in total. The molecule has 3 heteroatoms. The van der Waals surface area contributed by atoms with Crippen LogP contribution in [0.5, 0.6) is 0 Å². The molecule has 0 radical (unpaired) electrons. The molecule has 1 unspecified atom stereocenters. The van der Waals surface area contributed by atoms with Crippen LogP contribution in [0.15, 0.2) is 23.9 Å². The van der Waals surface area contributed by atoms with Gasteiger partial charge >= 0.3 is 5.97 Å². The highest BCUT2D eigenvalue weighted by Gasteiger charge is 2.17. The molecule has 1 rings (SSSR count). The molecule has 0 aromatic carbocycles. The van der Waals surface area contributed by atoms with Gasteiger partial charge in [0.1, 0.15) is 0 Å². The fraction of sp³-hybridized carbons (Fsp3) is 0.444. The van der Waals surface area contributed by atoms with Crippen molar-refractivity contribution in [2.24, 2.45) is 0 Å². The number of carbonyl (C=O) groups is 1. The molecule has 0 aromatic heterocycles. The zero-order valence-corrected chi connectivity index (χ0v) is 7.33. The summed E-state index contributed by atoms with van der Waals surface area (Å²) in [4.78, 5) is 11.2. The molecule has 0 aromatic rings. The molecule has 0 aliphatic carbocycles. The maximum atomic E-state index is 11.2. The summed E-state index contributed by atoms with van der Waals surface area (Å²) in [5.74, 6) is -0.234. The van der Waals surface area contributed by atoms with E-state index >= 15 is 0 Å². The summed E-state index contributed by atoms with van der Waals surface area (Å²) in [6.45, 7) is 4.15. The van der Waals surface area contributed by atoms with Crippen molar-refractivity contribution in [2.45, 2.75) is 19.9 Å². The summed E-state index contributed by atoms with van der Waals surface area (Å²) >= 11 is 0. The Morgan fingerprint density at radius 3 is 3.08 bits per heavy atom. The smallest absolute Gasteiger partial charge is 0.336 e. The van der Waals surface area contributed by atoms with Crippen molar-refractivity contribution >= 4 is 5.97 Å². The molecule has 3 nitrogen and oxygen atoms in total. The zero-order valence-electron chi connectivity index (χ0n) is 7.33. The largest absolute Gasteiger partial charge is 0.463 e. The number of hydrogen-bond acceptors (Lipinski definition) is 3. The highest BCUT2D eigenvalue weighted by Crippen LogP contribution is 2.08. The third-order valence-electron chi connectivity index (χ3n) is 1.70. The van der Waals surface area contributed by atoms with E-state index < -0.39 is 0 Å². The summed E-state index contributed by atoms with van der Waals surface area (Å²) in [6.07, 6.45) is 5.39. The van der Waals surface area contributed by atoms with E-state index in [9.17, 15) is 4.79 Å². The number of dihydropyridines is 1. The lowest BCUT2D eigenvalue weighted by molar-refractivity contribution is -0.138. The van der Waals surface area contributed by atoms with Gasteiger partial charge in [0.15, 0.2) is 0 Å². The first-order valence-electron chi connectivity index (χ1n) is 4.05. The van der Waals surface area contributed by atoms with Crippen molar-refractivity contribution in [3.05, 3.63) is 23.9 Å². The SMILES string of the molecule is CCOC(=O)C1=CC=CNC1C. The van der Waals surface area contributed by atoms with Gasteiger partial charge in [-0.25, -0.2) is 4.79 Å². The first-order chi connectivity index (χ1) is 5.75. The van der Waals surface area contributed by atoms with Crippen molar-refractivity contribution in [3.8, 4) is 0 Å². The van der Waals surface area contributed by atoms with Gasteiger partial charge in [-0.3, -0.25) is 0 Å². The van der Waals surface area contributed by atoms with Gasteiger partial charge in [-0.1, -0.05) is 0 Å².